The molecule has 9 heteroatoms. The Kier molecular flexibility index (Phi) is 6.90. The number of anilines is 1. The fourth-order valence-corrected chi connectivity index (χ4v) is 3.95. The van der Waals surface area contributed by atoms with Crippen molar-refractivity contribution in [2.75, 3.05) is 43.1 Å². The number of rotatable bonds is 6. The number of thiazole rings is 1. The van der Waals surface area contributed by atoms with Crippen LogP contribution in [0.15, 0.2) is 29.6 Å². The minimum absolute atomic E-state index is 0.0466. The number of nitrogens with one attached hydrogen (secondary N) is 1. The number of carbonyl (C=O) groups excluding carboxylic acids is 2. The molecular weight excluding hydrogens is 394 g/mol. The normalized spacial score (nSPS) is 14.3. The maximum absolute atomic E-state index is 12.0. The van der Waals surface area contributed by atoms with Crippen LogP contribution in [0.5, 0.6) is 0 Å². The molecule has 3 rings (SSSR count). The number of nitrogens with zero attached hydrogens (tertiary/aromatic N) is 2. The minimum Gasteiger partial charge on any atom is -0.378 e. The van der Waals surface area contributed by atoms with Crippen LogP contribution in [0.4, 0.5) is 5.13 Å². The van der Waals surface area contributed by atoms with Gasteiger partial charge in [-0.2, -0.15) is 0 Å². The number of benzene rings is 1. The molecule has 1 aliphatic rings. The molecule has 6 nitrogen and oxygen atoms in total. The number of morpholine rings is 1. The standard InChI is InChI=1S/C17H18ClN3O3S2/c18-13-3-1-12(2-4-13)14-9-26-17(19-14)20-15(22)10-25-11-16(23)21-5-7-24-8-6-21/h1-4,9H,5-8,10-11H2,(H,19,20,22). The van der Waals surface area contributed by atoms with Crippen molar-refractivity contribution in [3.05, 3.63) is 34.7 Å². The molecule has 0 bridgehead atoms. The predicted molar refractivity (Wildman–Crippen MR) is 106 cm³/mol. The number of ether oxygens (including phenoxy) is 1. The van der Waals surface area contributed by atoms with Crippen molar-refractivity contribution >= 4 is 51.6 Å². The zero-order valence-corrected chi connectivity index (χ0v) is 16.3. The van der Waals surface area contributed by atoms with Gasteiger partial charge in [-0.25, -0.2) is 4.98 Å². The highest BCUT2D eigenvalue weighted by Crippen LogP contribution is 2.26. The number of halogens is 1. The van der Waals surface area contributed by atoms with Gasteiger partial charge in [0.15, 0.2) is 5.13 Å². The Morgan fingerprint density at radius 3 is 2.69 bits per heavy atom. The van der Waals surface area contributed by atoms with Gasteiger partial charge in [-0.05, 0) is 12.1 Å². The summed E-state index contributed by atoms with van der Waals surface area (Å²) in [5, 5.41) is 5.87. The molecule has 2 heterocycles. The van der Waals surface area contributed by atoms with Crippen LogP contribution < -0.4 is 5.32 Å². The van der Waals surface area contributed by atoms with Crippen LogP contribution in [-0.4, -0.2) is 59.5 Å². The molecule has 0 saturated carbocycles. The quantitative estimate of drug-likeness (QED) is 0.791. The van der Waals surface area contributed by atoms with E-state index in [1.54, 1.807) is 17.0 Å². The molecule has 1 fully saturated rings. The third-order valence-corrected chi connectivity index (χ3v) is 5.64. The lowest BCUT2D eigenvalue weighted by atomic mass is 10.2. The maximum Gasteiger partial charge on any atom is 0.236 e. The Morgan fingerprint density at radius 2 is 1.96 bits per heavy atom. The Bertz CT molecular complexity index is 761. The molecule has 1 aliphatic heterocycles. The van der Waals surface area contributed by atoms with Crippen molar-refractivity contribution in [2.45, 2.75) is 0 Å². The number of aromatic nitrogens is 1. The molecule has 0 radical (unpaired) electrons. The SMILES string of the molecule is O=C(CSCC(=O)N1CCOCC1)Nc1nc(-c2ccc(Cl)cc2)cs1. The van der Waals surface area contributed by atoms with Crippen molar-refractivity contribution in [1.82, 2.24) is 9.88 Å². The van der Waals surface area contributed by atoms with Crippen LogP contribution in [0.25, 0.3) is 11.3 Å². The molecule has 2 amide bonds. The van der Waals surface area contributed by atoms with E-state index in [0.29, 0.717) is 42.2 Å². The second kappa shape index (κ2) is 9.36. The van der Waals surface area contributed by atoms with E-state index in [9.17, 15) is 9.59 Å². The first-order valence-electron chi connectivity index (χ1n) is 8.06. The zero-order chi connectivity index (χ0) is 18.4. The molecule has 1 aromatic heterocycles. The second-order valence-electron chi connectivity index (χ2n) is 5.58. The number of hydrogen-bond donors (Lipinski definition) is 1. The van der Waals surface area contributed by atoms with Gasteiger partial charge in [-0.1, -0.05) is 23.7 Å². The second-order valence-corrected chi connectivity index (χ2v) is 7.86. The van der Waals surface area contributed by atoms with E-state index >= 15 is 0 Å². The smallest absolute Gasteiger partial charge is 0.236 e. The van der Waals surface area contributed by atoms with Gasteiger partial charge < -0.3 is 15.0 Å². The van der Waals surface area contributed by atoms with Crippen LogP contribution in [0.2, 0.25) is 5.02 Å². The van der Waals surface area contributed by atoms with Gasteiger partial charge in [-0.3, -0.25) is 9.59 Å². The Hall–Kier alpha value is -1.61. The highest BCUT2D eigenvalue weighted by molar-refractivity contribution is 8.00. The van der Waals surface area contributed by atoms with Gasteiger partial charge in [-0.15, -0.1) is 23.1 Å². The van der Waals surface area contributed by atoms with Crippen LogP contribution in [-0.2, 0) is 14.3 Å². The lowest BCUT2D eigenvalue weighted by Crippen LogP contribution is -2.41. The molecule has 1 N–H and O–H groups in total. The lowest BCUT2D eigenvalue weighted by molar-refractivity contribution is -0.132. The number of amides is 2. The summed E-state index contributed by atoms with van der Waals surface area (Å²) in [6.45, 7) is 2.41. The van der Waals surface area contributed by atoms with E-state index in [0.717, 1.165) is 11.3 Å². The minimum atomic E-state index is -0.165. The van der Waals surface area contributed by atoms with Crippen molar-refractivity contribution < 1.29 is 14.3 Å². The van der Waals surface area contributed by atoms with E-state index in [1.165, 1.54) is 23.1 Å². The summed E-state index contributed by atoms with van der Waals surface area (Å²) in [7, 11) is 0. The molecule has 1 saturated heterocycles. The summed E-state index contributed by atoms with van der Waals surface area (Å²) < 4.78 is 5.22. The molecule has 0 aliphatic carbocycles. The summed E-state index contributed by atoms with van der Waals surface area (Å²) in [4.78, 5) is 30.2. The zero-order valence-electron chi connectivity index (χ0n) is 13.9. The predicted octanol–water partition coefficient (Wildman–Crippen LogP) is 2.99. The van der Waals surface area contributed by atoms with Crippen LogP contribution in [0, 0.1) is 0 Å². The molecule has 0 unspecified atom stereocenters. The first kappa shape index (κ1) is 19.2. The average molecular weight is 412 g/mol. The summed E-state index contributed by atoms with van der Waals surface area (Å²) in [5.74, 6) is 0.389. The Labute approximate surface area is 164 Å². The third-order valence-electron chi connectivity index (χ3n) is 3.71. The highest BCUT2D eigenvalue weighted by Gasteiger charge is 2.17. The topological polar surface area (TPSA) is 71.5 Å². The lowest BCUT2D eigenvalue weighted by Gasteiger charge is -2.26. The summed E-state index contributed by atoms with van der Waals surface area (Å²) >= 11 is 8.55. The van der Waals surface area contributed by atoms with Crippen molar-refractivity contribution in [1.29, 1.82) is 0 Å². The molecule has 1 aromatic carbocycles. The van der Waals surface area contributed by atoms with Crippen molar-refractivity contribution in [3.8, 4) is 11.3 Å². The highest BCUT2D eigenvalue weighted by atomic mass is 35.5. The first-order chi connectivity index (χ1) is 12.6. The van der Waals surface area contributed by atoms with E-state index in [4.69, 9.17) is 16.3 Å². The molecular formula is C17H18ClN3O3S2. The van der Waals surface area contributed by atoms with Gasteiger partial charge >= 0.3 is 0 Å². The summed E-state index contributed by atoms with van der Waals surface area (Å²) in [6, 6.07) is 7.37. The summed E-state index contributed by atoms with van der Waals surface area (Å²) in [6.07, 6.45) is 0. The van der Waals surface area contributed by atoms with Crippen LogP contribution in [0.1, 0.15) is 0 Å². The van der Waals surface area contributed by atoms with E-state index in [2.05, 4.69) is 10.3 Å². The maximum atomic E-state index is 12.0. The molecule has 138 valence electrons. The van der Waals surface area contributed by atoms with Gasteiger partial charge in [0, 0.05) is 29.1 Å². The number of carbonyl (C=O) groups is 2. The van der Waals surface area contributed by atoms with Gasteiger partial charge in [0.2, 0.25) is 11.8 Å². The monoisotopic (exact) mass is 411 g/mol. The van der Waals surface area contributed by atoms with E-state index in [-0.39, 0.29) is 17.6 Å². The molecule has 2 aromatic rings. The summed E-state index contributed by atoms with van der Waals surface area (Å²) in [5.41, 5.74) is 1.73. The van der Waals surface area contributed by atoms with Crippen LogP contribution in [0.3, 0.4) is 0 Å². The number of hydrogen-bond acceptors (Lipinski definition) is 6. The van der Waals surface area contributed by atoms with Crippen LogP contribution >= 0.6 is 34.7 Å². The Morgan fingerprint density at radius 1 is 1.23 bits per heavy atom. The fraction of sp³-hybridized carbons (Fsp3) is 0.353. The average Bonchev–Trinajstić information content (AvgIpc) is 3.11. The van der Waals surface area contributed by atoms with Gasteiger partial charge in [0.05, 0.1) is 30.4 Å². The van der Waals surface area contributed by atoms with Gasteiger partial charge in [0.25, 0.3) is 0 Å². The molecule has 0 spiro atoms. The Balaban J connectivity index is 1.43. The number of thioether (sulfide) groups is 1. The third kappa shape index (κ3) is 5.44. The molecule has 0 atom stereocenters. The van der Waals surface area contributed by atoms with Crippen molar-refractivity contribution in [2.24, 2.45) is 0 Å². The molecule has 26 heavy (non-hydrogen) atoms. The van der Waals surface area contributed by atoms with E-state index in [1.807, 2.05) is 17.5 Å². The van der Waals surface area contributed by atoms with Crippen molar-refractivity contribution in [3.63, 3.8) is 0 Å². The first-order valence-corrected chi connectivity index (χ1v) is 10.5. The van der Waals surface area contributed by atoms with Gasteiger partial charge in [0.1, 0.15) is 0 Å². The fourth-order valence-electron chi connectivity index (χ4n) is 2.37. The van der Waals surface area contributed by atoms with E-state index < -0.39 is 0 Å². The largest absolute Gasteiger partial charge is 0.378 e.